The molecule has 8 heteroatoms. The smallest absolute Gasteiger partial charge is 0.311 e. The summed E-state index contributed by atoms with van der Waals surface area (Å²) in [6.45, 7) is 14.5. The minimum atomic E-state index is -0.717. The summed E-state index contributed by atoms with van der Waals surface area (Å²) in [7, 11) is 0. The van der Waals surface area contributed by atoms with Crippen molar-refractivity contribution in [1.82, 2.24) is 9.80 Å². The molecular formula is C26H40N2O5S. The van der Waals surface area contributed by atoms with Crippen LogP contribution in [0.1, 0.15) is 52.9 Å². The van der Waals surface area contributed by atoms with Crippen LogP contribution in [0, 0.1) is 17.8 Å². The van der Waals surface area contributed by atoms with Gasteiger partial charge in [0.2, 0.25) is 11.8 Å². The van der Waals surface area contributed by atoms with E-state index in [1.165, 1.54) is 6.08 Å². The number of hydrogen-bond donors (Lipinski definition) is 1. The number of amides is 2. The number of esters is 1. The number of hydrogen-bond acceptors (Lipinski definition) is 6. The van der Waals surface area contributed by atoms with Crippen LogP contribution in [-0.2, 0) is 19.1 Å². The first-order valence-corrected chi connectivity index (χ1v) is 13.5. The number of carbonyl (C=O) groups is 3. The van der Waals surface area contributed by atoms with E-state index in [9.17, 15) is 19.5 Å². The maximum atomic E-state index is 14.2. The molecule has 3 aliphatic rings. The van der Waals surface area contributed by atoms with Crippen molar-refractivity contribution in [2.75, 3.05) is 26.3 Å². The molecule has 34 heavy (non-hydrogen) atoms. The number of rotatable bonds is 13. The number of carbonyl (C=O) groups excluding carboxylic acids is 3. The van der Waals surface area contributed by atoms with E-state index in [-0.39, 0.29) is 42.2 Å². The number of thioether (sulfide) groups is 1. The first-order chi connectivity index (χ1) is 16.3. The van der Waals surface area contributed by atoms with E-state index in [4.69, 9.17) is 4.74 Å². The zero-order valence-electron chi connectivity index (χ0n) is 20.8. The lowest BCUT2D eigenvalue weighted by Crippen LogP contribution is -2.59. The van der Waals surface area contributed by atoms with Gasteiger partial charge in [-0.15, -0.1) is 18.3 Å². The van der Waals surface area contributed by atoms with Crippen molar-refractivity contribution in [3.05, 3.63) is 25.3 Å². The number of aliphatic hydroxyl groups excluding tert-OH is 1. The van der Waals surface area contributed by atoms with Crippen LogP contribution in [0.2, 0.25) is 0 Å². The molecule has 7 atom stereocenters. The Balaban J connectivity index is 2.06. The fourth-order valence-corrected chi connectivity index (χ4v) is 8.61. The average Bonchev–Trinajstić information content (AvgIpc) is 3.42. The van der Waals surface area contributed by atoms with E-state index in [0.29, 0.717) is 19.5 Å². The van der Waals surface area contributed by atoms with Gasteiger partial charge < -0.3 is 19.6 Å². The Morgan fingerprint density at radius 3 is 2.65 bits per heavy atom. The molecule has 0 aromatic carbocycles. The number of ether oxygens (including phenoxy) is 1. The maximum Gasteiger partial charge on any atom is 0.311 e. The monoisotopic (exact) mass is 492 g/mol. The van der Waals surface area contributed by atoms with Crippen molar-refractivity contribution in [3.8, 4) is 0 Å². The van der Waals surface area contributed by atoms with Crippen LogP contribution in [0.4, 0.5) is 0 Å². The van der Waals surface area contributed by atoms with Gasteiger partial charge >= 0.3 is 5.97 Å². The molecule has 7 nitrogen and oxygen atoms in total. The van der Waals surface area contributed by atoms with Crippen LogP contribution < -0.4 is 0 Å². The van der Waals surface area contributed by atoms with E-state index in [1.807, 2.05) is 6.92 Å². The highest BCUT2D eigenvalue weighted by atomic mass is 32.2. The Morgan fingerprint density at radius 1 is 1.32 bits per heavy atom. The van der Waals surface area contributed by atoms with Gasteiger partial charge in [0.05, 0.1) is 29.2 Å². The van der Waals surface area contributed by atoms with E-state index >= 15 is 0 Å². The molecule has 3 heterocycles. The zero-order chi connectivity index (χ0) is 25.0. The summed E-state index contributed by atoms with van der Waals surface area (Å²) < 4.78 is 4.71. The van der Waals surface area contributed by atoms with Crippen LogP contribution in [0.25, 0.3) is 0 Å². The van der Waals surface area contributed by atoms with Crippen LogP contribution >= 0.6 is 11.8 Å². The van der Waals surface area contributed by atoms with Gasteiger partial charge in [0.25, 0.3) is 0 Å². The van der Waals surface area contributed by atoms with Gasteiger partial charge in [-0.1, -0.05) is 52.3 Å². The maximum absolute atomic E-state index is 14.2. The van der Waals surface area contributed by atoms with E-state index < -0.39 is 28.7 Å². The molecule has 2 bridgehead atoms. The standard InChI is InChI=1S/C26H40N2O5S/c1-6-10-11-13-27(12-7-2)24(31)22-26-17(5)15-19(34-26)20(25(32)33-14-8-3)21(26)23(30)28(22)18(9-4)16-29/h7-8,17-22,29H,2-3,6,9-16H2,1,4-5H3/t17?,18-,19+,20-,21-,22?,26?/m0/s1. The molecule has 3 rings (SSSR count). The number of unbranched alkanes of at least 4 members (excludes halogenated alkanes) is 2. The van der Waals surface area contributed by atoms with Gasteiger partial charge in [0, 0.05) is 18.3 Å². The summed E-state index contributed by atoms with van der Waals surface area (Å²) in [4.78, 5) is 44.7. The molecule has 0 radical (unpaired) electrons. The van der Waals surface area contributed by atoms with Crippen molar-refractivity contribution >= 4 is 29.5 Å². The highest BCUT2D eigenvalue weighted by Crippen LogP contribution is 2.69. The summed E-state index contributed by atoms with van der Waals surface area (Å²) in [6, 6.07) is -1.19. The topological polar surface area (TPSA) is 87.1 Å². The highest BCUT2D eigenvalue weighted by Gasteiger charge is 2.77. The molecule has 0 saturated carbocycles. The average molecular weight is 493 g/mol. The van der Waals surface area contributed by atoms with Gasteiger partial charge in [-0.25, -0.2) is 0 Å². The Hall–Kier alpha value is -1.80. The predicted octanol–water partition coefficient (Wildman–Crippen LogP) is 3.03. The predicted molar refractivity (Wildman–Crippen MR) is 134 cm³/mol. The molecule has 3 aliphatic heterocycles. The van der Waals surface area contributed by atoms with Crippen LogP contribution in [0.3, 0.4) is 0 Å². The van der Waals surface area contributed by atoms with Crippen LogP contribution in [-0.4, -0.2) is 81.1 Å². The summed E-state index contributed by atoms with van der Waals surface area (Å²) >= 11 is 1.63. The third-order valence-electron chi connectivity index (χ3n) is 7.80. The van der Waals surface area contributed by atoms with Crippen molar-refractivity contribution < 1.29 is 24.2 Å². The molecule has 0 aliphatic carbocycles. The second kappa shape index (κ2) is 11.3. The van der Waals surface area contributed by atoms with Gasteiger partial charge in [0.15, 0.2) is 0 Å². The first kappa shape index (κ1) is 26.8. The Morgan fingerprint density at radius 2 is 2.06 bits per heavy atom. The highest BCUT2D eigenvalue weighted by molar-refractivity contribution is 8.02. The van der Waals surface area contributed by atoms with Crippen LogP contribution in [0.5, 0.6) is 0 Å². The summed E-state index contributed by atoms with van der Waals surface area (Å²) in [5.41, 5.74) is 0. The largest absolute Gasteiger partial charge is 0.461 e. The number of aliphatic hydroxyl groups is 1. The second-order valence-corrected chi connectivity index (χ2v) is 11.3. The molecule has 3 saturated heterocycles. The van der Waals surface area contributed by atoms with Gasteiger partial charge in [-0.3, -0.25) is 14.4 Å². The first-order valence-electron chi connectivity index (χ1n) is 12.6. The Bertz CT molecular complexity index is 800. The van der Waals surface area contributed by atoms with Crippen molar-refractivity contribution in [3.63, 3.8) is 0 Å². The Kier molecular flexibility index (Phi) is 8.90. The van der Waals surface area contributed by atoms with Gasteiger partial charge in [0.1, 0.15) is 12.6 Å². The molecule has 190 valence electrons. The summed E-state index contributed by atoms with van der Waals surface area (Å²) in [5, 5.41) is 10.1. The molecule has 2 amide bonds. The molecular weight excluding hydrogens is 452 g/mol. The van der Waals surface area contributed by atoms with Gasteiger partial charge in [-0.2, -0.15) is 0 Å². The normalized spacial score (nSPS) is 32.4. The Labute approximate surface area is 208 Å². The minimum Gasteiger partial charge on any atom is -0.461 e. The summed E-state index contributed by atoms with van der Waals surface area (Å²) in [6.07, 6.45) is 7.47. The molecule has 0 aromatic rings. The fourth-order valence-electron chi connectivity index (χ4n) is 6.22. The molecule has 1 spiro atoms. The molecule has 1 N–H and O–H groups in total. The zero-order valence-corrected chi connectivity index (χ0v) is 21.6. The number of likely N-dealkylation sites (tertiary alicyclic amines) is 1. The number of fused-ring (bicyclic) bond motifs is 1. The lowest BCUT2D eigenvalue weighted by Gasteiger charge is -2.42. The summed E-state index contributed by atoms with van der Waals surface area (Å²) in [5.74, 6) is -1.82. The third kappa shape index (κ3) is 4.32. The second-order valence-electron chi connectivity index (χ2n) is 9.74. The van der Waals surface area contributed by atoms with Crippen molar-refractivity contribution in [1.29, 1.82) is 0 Å². The quantitative estimate of drug-likeness (QED) is 0.242. The third-order valence-corrected chi connectivity index (χ3v) is 9.88. The lowest BCUT2D eigenvalue weighted by molar-refractivity contribution is -0.154. The molecule has 0 aromatic heterocycles. The lowest BCUT2D eigenvalue weighted by atomic mass is 9.66. The van der Waals surface area contributed by atoms with E-state index in [0.717, 1.165) is 25.7 Å². The fraction of sp³-hybridized carbons (Fsp3) is 0.731. The van der Waals surface area contributed by atoms with Crippen molar-refractivity contribution in [2.24, 2.45) is 17.8 Å². The molecule has 3 fully saturated rings. The molecule has 3 unspecified atom stereocenters. The van der Waals surface area contributed by atoms with E-state index in [1.54, 1.807) is 27.6 Å². The number of nitrogens with zero attached hydrogens (tertiary/aromatic N) is 2. The van der Waals surface area contributed by atoms with Crippen LogP contribution in [0.15, 0.2) is 25.3 Å². The minimum absolute atomic E-state index is 0.0548. The SMILES string of the molecule is C=CCOC(=O)[C@@H]1[C@H]2C(=O)N([C@@H](CC)CO)C(C(=O)N(CC=C)CCCCC)C23S[C@@H]1CC3C. The van der Waals surface area contributed by atoms with Crippen molar-refractivity contribution in [2.45, 2.75) is 75.0 Å². The van der Waals surface area contributed by atoms with Gasteiger partial charge in [-0.05, 0) is 25.2 Å². The van der Waals surface area contributed by atoms with E-state index in [2.05, 4.69) is 27.0 Å².